The van der Waals surface area contributed by atoms with Crippen molar-refractivity contribution < 1.29 is 14.3 Å². The number of benzene rings is 1. The van der Waals surface area contributed by atoms with Gasteiger partial charge in [0.2, 0.25) is 11.8 Å². The van der Waals surface area contributed by atoms with E-state index in [1.54, 1.807) is 24.1 Å². The van der Waals surface area contributed by atoms with Gasteiger partial charge in [0.15, 0.2) is 0 Å². The van der Waals surface area contributed by atoms with Crippen molar-refractivity contribution in [3.63, 3.8) is 0 Å². The molecule has 2 amide bonds. The molecule has 1 aliphatic heterocycles. The zero-order valence-corrected chi connectivity index (χ0v) is 11.9. The van der Waals surface area contributed by atoms with E-state index in [0.29, 0.717) is 24.3 Å². The third kappa shape index (κ3) is 3.10. The lowest BCUT2D eigenvalue weighted by atomic mass is 10.2. The Morgan fingerprint density at radius 3 is 2.85 bits per heavy atom. The fourth-order valence-electron chi connectivity index (χ4n) is 2.33. The van der Waals surface area contributed by atoms with Gasteiger partial charge in [0.05, 0.1) is 12.8 Å². The molecule has 1 fully saturated rings. The lowest BCUT2D eigenvalue weighted by Crippen LogP contribution is -2.24. The van der Waals surface area contributed by atoms with Crippen molar-refractivity contribution in [2.75, 3.05) is 23.9 Å². The highest BCUT2D eigenvalue weighted by atomic mass is 16.5. The number of carbonyl (C=O) groups is 2. The Labute approximate surface area is 118 Å². The second kappa shape index (κ2) is 6.41. The van der Waals surface area contributed by atoms with E-state index in [1.807, 2.05) is 13.0 Å². The minimum Gasteiger partial charge on any atom is -0.494 e. The molecule has 5 heteroatoms. The molecule has 108 valence electrons. The summed E-state index contributed by atoms with van der Waals surface area (Å²) in [5.41, 5.74) is 1.46. The Balaban J connectivity index is 2.19. The van der Waals surface area contributed by atoms with Crippen molar-refractivity contribution in [1.29, 1.82) is 0 Å². The molecule has 1 aromatic carbocycles. The lowest BCUT2D eigenvalue weighted by molar-refractivity contribution is -0.117. The Morgan fingerprint density at radius 2 is 2.25 bits per heavy atom. The molecule has 0 aromatic heterocycles. The summed E-state index contributed by atoms with van der Waals surface area (Å²) in [7, 11) is 1.57. The molecule has 0 atom stereocenters. The van der Waals surface area contributed by atoms with Crippen LogP contribution in [0.15, 0.2) is 18.2 Å². The molecular formula is C15H20N2O3. The Morgan fingerprint density at radius 1 is 1.45 bits per heavy atom. The number of nitrogens with one attached hydrogen (secondary N) is 1. The number of ether oxygens (including phenoxy) is 1. The van der Waals surface area contributed by atoms with Crippen molar-refractivity contribution in [2.45, 2.75) is 32.6 Å². The summed E-state index contributed by atoms with van der Waals surface area (Å²) in [6.45, 7) is 2.68. The number of hydrogen-bond donors (Lipinski definition) is 1. The maximum atomic E-state index is 11.8. The van der Waals surface area contributed by atoms with Crippen LogP contribution in [-0.2, 0) is 9.59 Å². The van der Waals surface area contributed by atoms with Gasteiger partial charge in [0.1, 0.15) is 5.75 Å². The van der Waals surface area contributed by atoms with Gasteiger partial charge in [-0.25, -0.2) is 0 Å². The summed E-state index contributed by atoms with van der Waals surface area (Å²) in [6, 6.07) is 5.38. The zero-order chi connectivity index (χ0) is 14.5. The summed E-state index contributed by atoms with van der Waals surface area (Å²) >= 11 is 0. The van der Waals surface area contributed by atoms with Gasteiger partial charge in [-0.3, -0.25) is 9.59 Å². The van der Waals surface area contributed by atoms with Crippen molar-refractivity contribution in [1.82, 2.24) is 0 Å². The second-order valence-corrected chi connectivity index (χ2v) is 4.83. The summed E-state index contributed by atoms with van der Waals surface area (Å²) in [4.78, 5) is 25.1. The van der Waals surface area contributed by atoms with Crippen molar-refractivity contribution in [3.8, 4) is 5.75 Å². The molecule has 5 nitrogen and oxygen atoms in total. The minimum atomic E-state index is -0.0143. The van der Waals surface area contributed by atoms with Crippen LogP contribution in [-0.4, -0.2) is 25.5 Å². The highest BCUT2D eigenvalue weighted by Crippen LogP contribution is 2.33. The largest absolute Gasteiger partial charge is 0.494 e. The van der Waals surface area contributed by atoms with Gasteiger partial charge < -0.3 is 15.0 Å². The minimum absolute atomic E-state index is 0.0143. The molecule has 0 radical (unpaired) electrons. The summed E-state index contributed by atoms with van der Waals surface area (Å²) < 4.78 is 5.34. The highest BCUT2D eigenvalue weighted by Gasteiger charge is 2.24. The monoisotopic (exact) mass is 276 g/mol. The molecule has 1 saturated heterocycles. The maximum Gasteiger partial charge on any atom is 0.227 e. The van der Waals surface area contributed by atoms with Gasteiger partial charge in [0.25, 0.3) is 0 Å². The number of carbonyl (C=O) groups excluding carboxylic acids is 2. The van der Waals surface area contributed by atoms with Gasteiger partial charge in [-0.15, -0.1) is 0 Å². The number of anilines is 2. The molecule has 2 rings (SSSR count). The summed E-state index contributed by atoms with van der Waals surface area (Å²) in [5, 5.41) is 2.82. The number of rotatable bonds is 5. The van der Waals surface area contributed by atoms with E-state index < -0.39 is 0 Å². The van der Waals surface area contributed by atoms with Crippen LogP contribution < -0.4 is 15.0 Å². The van der Waals surface area contributed by atoms with E-state index in [-0.39, 0.29) is 11.8 Å². The molecule has 1 heterocycles. The Hall–Kier alpha value is -2.04. The molecule has 20 heavy (non-hydrogen) atoms. The third-order valence-corrected chi connectivity index (χ3v) is 3.30. The molecule has 0 aliphatic carbocycles. The van der Waals surface area contributed by atoms with E-state index in [0.717, 1.165) is 25.1 Å². The average Bonchev–Trinajstić information content (AvgIpc) is 2.85. The fraction of sp³-hybridized carbons (Fsp3) is 0.467. The van der Waals surface area contributed by atoms with Gasteiger partial charge >= 0.3 is 0 Å². The van der Waals surface area contributed by atoms with Crippen LogP contribution in [0.5, 0.6) is 5.75 Å². The number of amides is 2. The van der Waals surface area contributed by atoms with Crippen LogP contribution >= 0.6 is 0 Å². The summed E-state index contributed by atoms with van der Waals surface area (Å²) in [6.07, 6.45) is 2.76. The SMILES string of the molecule is CCCC(=O)Nc1ccc(N2CCCC2=O)c(OC)c1. The van der Waals surface area contributed by atoms with Gasteiger partial charge in [-0.1, -0.05) is 6.92 Å². The molecule has 0 bridgehead atoms. The lowest BCUT2D eigenvalue weighted by Gasteiger charge is -2.19. The molecule has 0 spiro atoms. The molecule has 1 N–H and O–H groups in total. The van der Waals surface area contributed by atoms with Gasteiger partial charge in [-0.2, -0.15) is 0 Å². The predicted molar refractivity (Wildman–Crippen MR) is 78.1 cm³/mol. The highest BCUT2D eigenvalue weighted by molar-refractivity contribution is 5.97. The fourth-order valence-corrected chi connectivity index (χ4v) is 2.33. The smallest absolute Gasteiger partial charge is 0.227 e. The van der Waals surface area contributed by atoms with E-state index in [4.69, 9.17) is 4.74 Å². The maximum absolute atomic E-state index is 11.8. The first kappa shape index (κ1) is 14.4. The normalized spacial score (nSPS) is 14.5. The first-order valence-corrected chi connectivity index (χ1v) is 6.94. The van der Waals surface area contributed by atoms with Gasteiger partial charge in [-0.05, 0) is 25.0 Å². The van der Waals surface area contributed by atoms with Crippen LogP contribution in [0.2, 0.25) is 0 Å². The Kier molecular flexibility index (Phi) is 4.61. The average molecular weight is 276 g/mol. The predicted octanol–water partition coefficient (Wildman–Crippen LogP) is 2.56. The molecule has 0 unspecified atom stereocenters. The zero-order valence-electron chi connectivity index (χ0n) is 11.9. The quantitative estimate of drug-likeness (QED) is 0.899. The van der Waals surface area contributed by atoms with Crippen LogP contribution in [0.1, 0.15) is 32.6 Å². The van der Waals surface area contributed by atoms with Crippen molar-refractivity contribution >= 4 is 23.2 Å². The van der Waals surface area contributed by atoms with E-state index in [1.165, 1.54) is 0 Å². The number of methoxy groups -OCH3 is 1. The van der Waals surface area contributed by atoms with E-state index in [2.05, 4.69) is 5.32 Å². The molecular weight excluding hydrogens is 256 g/mol. The third-order valence-electron chi connectivity index (χ3n) is 3.30. The van der Waals surface area contributed by atoms with Crippen LogP contribution in [0.25, 0.3) is 0 Å². The standard InChI is InChI=1S/C15H20N2O3/c1-3-5-14(18)16-11-7-8-12(13(10-11)20-2)17-9-4-6-15(17)19/h7-8,10H,3-6,9H2,1-2H3,(H,16,18). The van der Waals surface area contributed by atoms with Gasteiger partial charge in [0, 0.05) is 31.1 Å². The first-order chi connectivity index (χ1) is 9.65. The van der Waals surface area contributed by atoms with Crippen LogP contribution in [0.4, 0.5) is 11.4 Å². The van der Waals surface area contributed by atoms with E-state index >= 15 is 0 Å². The molecule has 1 aromatic rings. The van der Waals surface area contributed by atoms with Crippen molar-refractivity contribution in [3.05, 3.63) is 18.2 Å². The molecule has 1 aliphatic rings. The van der Waals surface area contributed by atoms with E-state index in [9.17, 15) is 9.59 Å². The number of nitrogens with zero attached hydrogens (tertiary/aromatic N) is 1. The Bertz CT molecular complexity index is 514. The van der Waals surface area contributed by atoms with Crippen molar-refractivity contribution in [2.24, 2.45) is 0 Å². The first-order valence-electron chi connectivity index (χ1n) is 6.94. The topological polar surface area (TPSA) is 58.6 Å². The molecule has 0 saturated carbocycles. The number of hydrogen-bond acceptors (Lipinski definition) is 3. The second-order valence-electron chi connectivity index (χ2n) is 4.83. The summed E-state index contributed by atoms with van der Waals surface area (Å²) in [5.74, 6) is 0.708. The van der Waals surface area contributed by atoms with Crippen LogP contribution in [0.3, 0.4) is 0 Å². The van der Waals surface area contributed by atoms with Crippen LogP contribution in [0, 0.1) is 0 Å².